The smallest absolute Gasteiger partial charge is 0.119 e. The molecule has 19 heavy (non-hydrogen) atoms. The Kier molecular flexibility index (Phi) is 8.85. The summed E-state index contributed by atoms with van der Waals surface area (Å²) in [6.45, 7) is 6.11. The van der Waals surface area contributed by atoms with Crippen LogP contribution in [0.4, 0.5) is 0 Å². The van der Waals surface area contributed by atoms with Gasteiger partial charge in [0.05, 0.1) is 19.8 Å². The van der Waals surface area contributed by atoms with E-state index in [1.54, 1.807) is 7.11 Å². The fourth-order valence-corrected chi connectivity index (χ4v) is 1.64. The predicted molar refractivity (Wildman–Crippen MR) is 77.1 cm³/mol. The molecule has 0 radical (unpaired) electrons. The van der Waals surface area contributed by atoms with Crippen molar-refractivity contribution in [3.63, 3.8) is 0 Å². The van der Waals surface area contributed by atoms with Crippen LogP contribution in [-0.2, 0) is 4.74 Å². The molecule has 1 aromatic carbocycles. The highest BCUT2D eigenvalue weighted by molar-refractivity contribution is 5.31. The third kappa shape index (κ3) is 7.70. The monoisotopic (exact) mass is 267 g/mol. The largest absolute Gasteiger partial charge is 0.494 e. The summed E-state index contributed by atoms with van der Waals surface area (Å²) in [7, 11) is 1.71. The summed E-state index contributed by atoms with van der Waals surface area (Å²) in [5, 5.41) is 3.31. The van der Waals surface area contributed by atoms with Gasteiger partial charge in [-0.15, -0.1) is 0 Å². The van der Waals surface area contributed by atoms with E-state index >= 15 is 0 Å². The first-order chi connectivity index (χ1) is 9.36. The molecule has 4 nitrogen and oxygen atoms in total. The van der Waals surface area contributed by atoms with E-state index in [0.717, 1.165) is 50.6 Å². The van der Waals surface area contributed by atoms with E-state index in [4.69, 9.17) is 14.2 Å². The molecule has 0 unspecified atom stereocenters. The second-order valence-corrected chi connectivity index (χ2v) is 4.20. The Bertz CT molecular complexity index is 314. The summed E-state index contributed by atoms with van der Waals surface area (Å²) in [5.74, 6) is 1.79. The van der Waals surface area contributed by atoms with Crippen molar-refractivity contribution in [2.75, 3.05) is 40.0 Å². The zero-order chi connectivity index (χ0) is 13.8. The van der Waals surface area contributed by atoms with Crippen molar-refractivity contribution in [2.24, 2.45) is 0 Å². The third-order valence-corrected chi connectivity index (χ3v) is 2.63. The number of hydrogen-bond donors (Lipinski definition) is 1. The molecule has 1 aromatic rings. The quantitative estimate of drug-likeness (QED) is 0.625. The molecule has 0 amide bonds. The summed E-state index contributed by atoms with van der Waals surface area (Å²) in [6.07, 6.45) is 2.16. The lowest BCUT2D eigenvalue weighted by molar-refractivity contribution is 0.199. The lowest BCUT2D eigenvalue weighted by atomic mass is 10.3. The van der Waals surface area contributed by atoms with Crippen LogP contribution in [0, 0.1) is 0 Å². The van der Waals surface area contributed by atoms with E-state index in [0.29, 0.717) is 6.61 Å². The predicted octanol–water partition coefficient (Wildman–Crippen LogP) is 2.48. The molecule has 0 bridgehead atoms. The number of unbranched alkanes of at least 4 members (excludes halogenated alkanes) is 1. The molecule has 0 aliphatic rings. The van der Waals surface area contributed by atoms with Crippen LogP contribution in [0.5, 0.6) is 11.5 Å². The Balaban J connectivity index is 2.02. The Morgan fingerprint density at radius 3 is 2.21 bits per heavy atom. The number of benzene rings is 1. The average Bonchev–Trinajstić information content (AvgIpc) is 2.44. The fraction of sp³-hybridized carbons (Fsp3) is 0.600. The van der Waals surface area contributed by atoms with Gasteiger partial charge in [-0.25, -0.2) is 0 Å². The van der Waals surface area contributed by atoms with Gasteiger partial charge < -0.3 is 19.5 Å². The number of ether oxygens (including phenoxy) is 3. The standard InChI is InChI=1S/C15H25NO3/c1-3-18-14-6-8-15(9-7-14)19-12-5-4-10-16-11-13-17-2/h6-9,16H,3-5,10-13H2,1-2H3. The van der Waals surface area contributed by atoms with E-state index in [9.17, 15) is 0 Å². The Morgan fingerprint density at radius 2 is 1.58 bits per heavy atom. The second-order valence-electron chi connectivity index (χ2n) is 4.20. The van der Waals surface area contributed by atoms with Crippen LogP contribution < -0.4 is 14.8 Å². The first-order valence-electron chi connectivity index (χ1n) is 6.92. The Labute approximate surface area is 116 Å². The SMILES string of the molecule is CCOc1ccc(OCCCCNCCOC)cc1. The second kappa shape index (κ2) is 10.6. The molecule has 0 aliphatic carbocycles. The molecule has 1 rings (SSSR count). The van der Waals surface area contributed by atoms with Crippen LogP contribution >= 0.6 is 0 Å². The van der Waals surface area contributed by atoms with Gasteiger partial charge in [0.2, 0.25) is 0 Å². The number of nitrogens with one attached hydrogen (secondary N) is 1. The molecule has 0 atom stereocenters. The minimum atomic E-state index is 0.691. The van der Waals surface area contributed by atoms with Crippen LogP contribution in [0.3, 0.4) is 0 Å². The zero-order valence-corrected chi connectivity index (χ0v) is 12.0. The van der Waals surface area contributed by atoms with Crippen molar-refractivity contribution in [1.29, 1.82) is 0 Å². The fourth-order valence-electron chi connectivity index (χ4n) is 1.64. The highest BCUT2D eigenvalue weighted by Gasteiger charge is 1.96. The first kappa shape index (κ1) is 15.8. The maximum absolute atomic E-state index is 5.66. The van der Waals surface area contributed by atoms with Gasteiger partial charge in [-0.3, -0.25) is 0 Å². The molecule has 0 spiro atoms. The normalized spacial score (nSPS) is 10.4. The van der Waals surface area contributed by atoms with E-state index in [2.05, 4.69) is 5.32 Å². The van der Waals surface area contributed by atoms with Crippen LogP contribution in [-0.4, -0.2) is 40.0 Å². The molecule has 4 heteroatoms. The van der Waals surface area contributed by atoms with Gasteiger partial charge in [0.1, 0.15) is 11.5 Å². The highest BCUT2D eigenvalue weighted by Crippen LogP contribution is 2.17. The summed E-state index contributed by atoms with van der Waals surface area (Å²) in [6, 6.07) is 7.76. The van der Waals surface area contributed by atoms with E-state index in [1.165, 1.54) is 0 Å². The topological polar surface area (TPSA) is 39.7 Å². The maximum Gasteiger partial charge on any atom is 0.119 e. The molecule has 0 aliphatic heterocycles. The van der Waals surface area contributed by atoms with Gasteiger partial charge in [-0.1, -0.05) is 0 Å². The summed E-state index contributed by atoms with van der Waals surface area (Å²) < 4.78 is 16.0. The van der Waals surface area contributed by atoms with Gasteiger partial charge in [0.15, 0.2) is 0 Å². The molecule has 1 N–H and O–H groups in total. The number of hydrogen-bond acceptors (Lipinski definition) is 4. The summed E-state index contributed by atoms with van der Waals surface area (Å²) in [5.41, 5.74) is 0. The van der Waals surface area contributed by atoms with Crippen molar-refractivity contribution in [3.8, 4) is 11.5 Å². The minimum Gasteiger partial charge on any atom is -0.494 e. The van der Waals surface area contributed by atoms with Crippen molar-refractivity contribution >= 4 is 0 Å². The molecule has 0 saturated heterocycles. The van der Waals surface area contributed by atoms with Crippen molar-refractivity contribution < 1.29 is 14.2 Å². The van der Waals surface area contributed by atoms with Gasteiger partial charge in [0, 0.05) is 13.7 Å². The summed E-state index contributed by atoms with van der Waals surface area (Å²) in [4.78, 5) is 0. The lowest BCUT2D eigenvalue weighted by Crippen LogP contribution is -2.20. The maximum atomic E-state index is 5.66. The lowest BCUT2D eigenvalue weighted by Gasteiger charge is -2.08. The Morgan fingerprint density at radius 1 is 0.895 bits per heavy atom. The number of methoxy groups -OCH3 is 1. The van der Waals surface area contributed by atoms with Crippen LogP contribution in [0.25, 0.3) is 0 Å². The zero-order valence-electron chi connectivity index (χ0n) is 12.0. The van der Waals surface area contributed by atoms with Gasteiger partial charge >= 0.3 is 0 Å². The van der Waals surface area contributed by atoms with Crippen molar-refractivity contribution in [2.45, 2.75) is 19.8 Å². The summed E-state index contributed by atoms with van der Waals surface area (Å²) >= 11 is 0. The third-order valence-electron chi connectivity index (χ3n) is 2.63. The molecule has 0 aromatic heterocycles. The molecule has 0 heterocycles. The minimum absolute atomic E-state index is 0.691. The Hall–Kier alpha value is -1.26. The van der Waals surface area contributed by atoms with Crippen LogP contribution in [0.1, 0.15) is 19.8 Å². The molecular weight excluding hydrogens is 242 g/mol. The first-order valence-corrected chi connectivity index (χ1v) is 6.92. The molecule has 0 fully saturated rings. The molecule has 0 saturated carbocycles. The number of rotatable bonds is 11. The van der Waals surface area contributed by atoms with Crippen molar-refractivity contribution in [3.05, 3.63) is 24.3 Å². The van der Waals surface area contributed by atoms with Crippen LogP contribution in [0.2, 0.25) is 0 Å². The van der Waals surface area contributed by atoms with E-state index in [-0.39, 0.29) is 0 Å². The van der Waals surface area contributed by atoms with Crippen LogP contribution in [0.15, 0.2) is 24.3 Å². The van der Waals surface area contributed by atoms with Gasteiger partial charge in [-0.2, -0.15) is 0 Å². The van der Waals surface area contributed by atoms with Gasteiger partial charge in [0.25, 0.3) is 0 Å². The van der Waals surface area contributed by atoms with Gasteiger partial charge in [-0.05, 0) is 50.6 Å². The molecule has 108 valence electrons. The van der Waals surface area contributed by atoms with E-state index in [1.807, 2.05) is 31.2 Å². The van der Waals surface area contributed by atoms with Crippen molar-refractivity contribution in [1.82, 2.24) is 5.32 Å². The average molecular weight is 267 g/mol. The van der Waals surface area contributed by atoms with E-state index < -0.39 is 0 Å². The molecular formula is C15H25NO3. The highest BCUT2D eigenvalue weighted by atomic mass is 16.5.